The lowest BCUT2D eigenvalue weighted by atomic mass is 9.96. The molecule has 0 aliphatic carbocycles. The third-order valence-corrected chi connectivity index (χ3v) is 6.48. The summed E-state index contributed by atoms with van der Waals surface area (Å²) in [6.45, 7) is 4.49. The van der Waals surface area contributed by atoms with Crippen LogP contribution in [0.3, 0.4) is 0 Å². The summed E-state index contributed by atoms with van der Waals surface area (Å²) < 4.78 is 13.4. The highest BCUT2D eigenvalue weighted by molar-refractivity contribution is 6.00. The molecular weight excluding hydrogens is 442 g/mol. The number of para-hydroxylation sites is 2. The van der Waals surface area contributed by atoms with E-state index in [2.05, 4.69) is 11.5 Å². The van der Waals surface area contributed by atoms with Gasteiger partial charge in [-0.05, 0) is 48.9 Å². The van der Waals surface area contributed by atoms with Crippen molar-refractivity contribution in [3.05, 3.63) is 72.1 Å². The number of unbranched alkanes of at least 4 members (excludes halogenated alkanes) is 1. The van der Waals surface area contributed by atoms with E-state index >= 15 is 0 Å². The molecule has 2 aromatic carbocycles. The minimum Gasteiger partial charge on any atom is -0.497 e. The van der Waals surface area contributed by atoms with Crippen LogP contribution in [0.2, 0.25) is 0 Å². The third kappa shape index (κ3) is 4.63. The first-order chi connectivity index (χ1) is 17.0. The van der Waals surface area contributed by atoms with Crippen LogP contribution in [0.15, 0.2) is 60.8 Å². The summed E-state index contributed by atoms with van der Waals surface area (Å²) in [6.07, 6.45) is 4.17. The van der Waals surface area contributed by atoms with Gasteiger partial charge in [-0.3, -0.25) is 14.5 Å². The first kappa shape index (κ1) is 24.4. The number of anilines is 1. The van der Waals surface area contributed by atoms with Crippen LogP contribution < -0.4 is 14.4 Å². The molecule has 0 saturated carbocycles. The number of rotatable bonds is 9. The summed E-state index contributed by atoms with van der Waals surface area (Å²) in [6, 6.07) is 17.0. The van der Waals surface area contributed by atoms with E-state index in [1.54, 1.807) is 19.1 Å². The topological polar surface area (TPSA) is 64.0 Å². The molecule has 3 aromatic rings. The van der Waals surface area contributed by atoms with Crippen LogP contribution in [0.1, 0.15) is 50.4 Å². The largest absolute Gasteiger partial charge is 0.497 e. The molecular formula is C28H33N3O4. The van der Waals surface area contributed by atoms with E-state index in [0.717, 1.165) is 35.5 Å². The SMILES string of the molecule is CCCCN(CC(=O)N1c2ccccc2-n2cccc2C1c1cc(OC)ccc1OC)C(=O)CC. The summed E-state index contributed by atoms with van der Waals surface area (Å²) in [4.78, 5) is 30.3. The van der Waals surface area contributed by atoms with Gasteiger partial charge in [0.25, 0.3) is 0 Å². The third-order valence-electron chi connectivity index (χ3n) is 6.48. The average Bonchev–Trinajstić information content (AvgIpc) is 3.39. The van der Waals surface area contributed by atoms with E-state index in [0.29, 0.717) is 24.5 Å². The smallest absolute Gasteiger partial charge is 0.247 e. The number of carbonyl (C=O) groups is 2. The van der Waals surface area contributed by atoms with Gasteiger partial charge in [0.05, 0.1) is 31.3 Å². The minimum atomic E-state index is -0.456. The van der Waals surface area contributed by atoms with Gasteiger partial charge >= 0.3 is 0 Å². The fourth-order valence-electron chi connectivity index (χ4n) is 4.71. The zero-order chi connectivity index (χ0) is 24.9. The van der Waals surface area contributed by atoms with Crippen molar-refractivity contribution in [2.24, 2.45) is 0 Å². The van der Waals surface area contributed by atoms with E-state index in [-0.39, 0.29) is 18.4 Å². The van der Waals surface area contributed by atoms with Crippen molar-refractivity contribution in [2.45, 2.75) is 39.2 Å². The molecule has 0 spiro atoms. The van der Waals surface area contributed by atoms with Crippen molar-refractivity contribution in [3.8, 4) is 17.2 Å². The van der Waals surface area contributed by atoms with Crippen LogP contribution in [-0.2, 0) is 9.59 Å². The molecule has 0 saturated heterocycles. The Bertz CT molecular complexity index is 1200. The number of fused-ring (bicyclic) bond motifs is 3. The zero-order valence-electron chi connectivity index (χ0n) is 20.9. The maximum Gasteiger partial charge on any atom is 0.247 e. The molecule has 0 fully saturated rings. The van der Waals surface area contributed by atoms with E-state index in [1.165, 1.54) is 0 Å². The molecule has 2 heterocycles. The van der Waals surface area contributed by atoms with Gasteiger partial charge in [-0.25, -0.2) is 0 Å². The molecule has 4 rings (SSSR count). The van der Waals surface area contributed by atoms with Crippen LogP contribution in [-0.4, -0.2) is 48.6 Å². The number of benzene rings is 2. The lowest BCUT2D eigenvalue weighted by Gasteiger charge is -2.40. The zero-order valence-corrected chi connectivity index (χ0v) is 20.9. The second-order valence-corrected chi connectivity index (χ2v) is 8.59. The van der Waals surface area contributed by atoms with Crippen molar-refractivity contribution in [1.29, 1.82) is 0 Å². The molecule has 1 atom stereocenters. The second kappa shape index (κ2) is 10.7. The van der Waals surface area contributed by atoms with E-state index in [9.17, 15) is 9.59 Å². The molecule has 0 bridgehead atoms. The minimum absolute atomic E-state index is 0.0176. The lowest BCUT2D eigenvalue weighted by molar-refractivity contribution is -0.135. The van der Waals surface area contributed by atoms with Gasteiger partial charge in [-0.15, -0.1) is 0 Å². The van der Waals surface area contributed by atoms with Crippen LogP contribution in [0.4, 0.5) is 5.69 Å². The monoisotopic (exact) mass is 475 g/mol. The molecule has 35 heavy (non-hydrogen) atoms. The molecule has 1 unspecified atom stereocenters. The van der Waals surface area contributed by atoms with Gasteiger partial charge in [0.1, 0.15) is 24.1 Å². The van der Waals surface area contributed by atoms with Crippen LogP contribution in [0.25, 0.3) is 5.69 Å². The normalized spacial score (nSPS) is 14.2. The van der Waals surface area contributed by atoms with Crippen molar-refractivity contribution >= 4 is 17.5 Å². The maximum atomic E-state index is 14.1. The van der Waals surface area contributed by atoms with E-state index in [4.69, 9.17) is 9.47 Å². The number of aromatic nitrogens is 1. The maximum absolute atomic E-state index is 14.1. The molecule has 184 valence electrons. The van der Waals surface area contributed by atoms with Crippen molar-refractivity contribution in [3.63, 3.8) is 0 Å². The Morgan fingerprint density at radius 2 is 1.74 bits per heavy atom. The van der Waals surface area contributed by atoms with E-state index < -0.39 is 6.04 Å². The number of amides is 2. The average molecular weight is 476 g/mol. The molecule has 0 radical (unpaired) electrons. The quantitative estimate of drug-likeness (QED) is 0.438. The molecule has 7 heteroatoms. The fourth-order valence-corrected chi connectivity index (χ4v) is 4.71. The van der Waals surface area contributed by atoms with Crippen LogP contribution in [0, 0.1) is 0 Å². The van der Waals surface area contributed by atoms with Gasteiger partial charge in [0.2, 0.25) is 11.8 Å². The predicted molar refractivity (Wildman–Crippen MR) is 136 cm³/mol. The number of carbonyl (C=O) groups excluding carboxylic acids is 2. The molecule has 1 aliphatic heterocycles. The van der Waals surface area contributed by atoms with Crippen molar-refractivity contribution in [2.75, 3.05) is 32.2 Å². The summed E-state index contributed by atoms with van der Waals surface area (Å²) in [5, 5.41) is 0. The Hall–Kier alpha value is -3.74. The predicted octanol–water partition coefficient (Wildman–Crippen LogP) is 4.97. The van der Waals surface area contributed by atoms with E-state index in [1.807, 2.05) is 72.6 Å². The van der Waals surface area contributed by atoms with Gasteiger partial charge in [0, 0.05) is 24.7 Å². The summed E-state index contributed by atoms with van der Waals surface area (Å²) in [7, 11) is 3.25. The van der Waals surface area contributed by atoms with Gasteiger partial charge < -0.3 is 18.9 Å². The number of methoxy groups -OCH3 is 2. The number of nitrogens with zero attached hydrogens (tertiary/aromatic N) is 3. The number of ether oxygens (including phenoxy) is 2. The first-order valence-corrected chi connectivity index (χ1v) is 12.1. The second-order valence-electron chi connectivity index (χ2n) is 8.59. The van der Waals surface area contributed by atoms with Gasteiger partial charge in [-0.2, -0.15) is 0 Å². The molecule has 1 aromatic heterocycles. The molecule has 1 aliphatic rings. The summed E-state index contributed by atoms with van der Waals surface area (Å²) in [5.41, 5.74) is 3.46. The Labute approximate surface area is 206 Å². The Kier molecular flexibility index (Phi) is 7.44. The highest BCUT2D eigenvalue weighted by Gasteiger charge is 2.38. The Balaban J connectivity index is 1.86. The van der Waals surface area contributed by atoms with Crippen LogP contribution >= 0.6 is 0 Å². The fraction of sp³-hybridized carbons (Fsp3) is 0.357. The molecule has 0 N–H and O–H groups in total. The number of hydrogen-bond acceptors (Lipinski definition) is 4. The Morgan fingerprint density at radius 1 is 0.971 bits per heavy atom. The lowest BCUT2D eigenvalue weighted by Crippen LogP contribution is -2.47. The highest BCUT2D eigenvalue weighted by atomic mass is 16.5. The summed E-state index contributed by atoms with van der Waals surface area (Å²) in [5.74, 6) is 1.18. The Morgan fingerprint density at radius 3 is 2.43 bits per heavy atom. The summed E-state index contributed by atoms with van der Waals surface area (Å²) >= 11 is 0. The van der Waals surface area contributed by atoms with Crippen LogP contribution in [0.5, 0.6) is 11.5 Å². The first-order valence-electron chi connectivity index (χ1n) is 12.1. The molecule has 7 nitrogen and oxygen atoms in total. The number of hydrogen-bond donors (Lipinski definition) is 0. The van der Waals surface area contributed by atoms with Gasteiger partial charge in [0.15, 0.2) is 0 Å². The standard InChI is InChI=1S/C28H33N3O4/c1-5-7-16-29(26(32)6-2)19-27(33)31-23-12-9-8-11-22(23)30-17-10-13-24(30)28(31)21-18-20(34-3)14-15-25(21)35-4/h8-15,17-18,28H,5-7,16,19H2,1-4H3. The molecule has 2 amide bonds. The highest BCUT2D eigenvalue weighted by Crippen LogP contribution is 2.45. The van der Waals surface area contributed by atoms with Crippen molar-refractivity contribution < 1.29 is 19.1 Å². The van der Waals surface area contributed by atoms with Gasteiger partial charge in [-0.1, -0.05) is 32.4 Å². The van der Waals surface area contributed by atoms with Crippen molar-refractivity contribution in [1.82, 2.24) is 9.47 Å².